The van der Waals surface area contributed by atoms with Gasteiger partial charge in [0.25, 0.3) is 0 Å². The van der Waals surface area contributed by atoms with Gasteiger partial charge in [-0.05, 0) is 23.5 Å². The second-order valence-electron chi connectivity index (χ2n) is 11.1. The third-order valence-electron chi connectivity index (χ3n) is 8.09. The van der Waals surface area contributed by atoms with Crippen molar-refractivity contribution in [2.75, 3.05) is 6.54 Å². The van der Waals surface area contributed by atoms with Crippen molar-refractivity contribution >= 4 is 12.0 Å². The number of benzene rings is 4. The number of hydrogen-bond donors (Lipinski definition) is 0. The summed E-state index contributed by atoms with van der Waals surface area (Å²) >= 11 is 0. The van der Waals surface area contributed by atoms with Crippen LogP contribution in [0.15, 0.2) is 121 Å². The number of nitrogens with zero attached hydrogens (tertiary/aromatic N) is 2. The maximum atomic E-state index is 14.8. The average molecular weight is 563 g/mol. The minimum absolute atomic E-state index is 0.205. The van der Waals surface area contributed by atoms with Crippen molar-refractivity contribution in [3.8, 4) is 0 Å². The fourth-order valence-electron chi connectivity index (χ4n) is 6.31. The number of cyclic esters (lactones) is 1. The van der Waals surface area contributed by atoms with Gasteiger partial charge in [-0.2, -0.15) is 0 Å². The summed E-state index contributed by atoms with van der Waals surface area (Å²) in [6.45, 7) is 3.47. The van der Waals surface area contributed by atoms with Crippen LogP contribution in [0.4, 0.5) is 4.79 Å². The predicted octanol–water partition coefficient (Wildman–Crippen LogP) is 6.85. The first-order valence-corrected chi connectivity index (χ1v) is 14.2. The van der Waals surface area contributed by atoms with Crippen LogP contribution in [0.1, 0.15) is 42.0 Å². The van der Waals surface area contributed by atoms with E-state index in [2.05, 4.69) is 0 Å². The Morgan fingerprint density at radius 2 is 1.31 bits per heavy atom. The Kier molecular flexibility index (Phi) is 8.48. The van der Waals surface area contributed by atoms with Gasteiger partial charge in [0.15, 0.2) is 5.60 Å². The molecule has 7 heteroatoms. The summed E-state index contributed by atoms with van der Waals surface area (Å²) in [6, 6.07) is 36.7. The monoisotopic (exact) mass is 562 g/mol. The standard InChI is InChI=1S/C35H34N2O5/c1-25(2)32-35(28-19-11-5-12-20-28,29-21-13-6-14-22-29)42-34(39)37(32)33(38)30(23-26-15-7-3-8-16-26)31(24-36(40)41)27-17-9-4-10-18-27/h3-22,25,30-32H,23-24H2,1-2H3/t30-,31-,32+/m1/s1. The molecular formula is C35H34N2O5. The van der Waals surface area contributed by atoms with E-state index in [1.807, 2.05) is 123 Å². The molecule has 5 rings (SSSR count). The molecule has 1 aliphatic rings. The average Bonchev–Trinajstić information content (AvgIpc) is 3.34. The summed E-state index contributed by atoms with van der Waals surface area (Å²) in [5.74, 6) is -2.34. The zero-order valence-electron chi connectivity index (χ0n) is 23.7. The molecule has 0 aromatic heterocycles. The Balaban J connectivity index is 1.67. The second-order valence-corrected chi connectivity index (χ2v) is 11.1. The minimum atomic E-state index is -1.26. The molecule has 42 heavy (non-hydrogen) atoms. The van der Waals surface area contributed by atoms with Crippen LogP contribution in [0.25, 0.3) is 0 Å². The van der Waals surface area contributed by atoms with Gasteiger partial charge in [0, 0.05) is 16.1 Å². The molecule has 4 aromatic rings. The maximum Gasteiger partial charge on any atom is 0.418 e. The van der Waals surface area contributed by atoms with Gasteiger partial charge in [-0.25, -0.2) is 9.69 Å². The molecule has 0 radical (unpaired) electrons. The van der Waals surface area contributed by atoms with Crippen LogP contribution >= 0.6 is 0 Å². The second kappa shape index (κ2) is 12.4. The van der Waals surface area contributed by atoms with Crippen molar-refractivity contribution in [1.29, 1.82) is 0 Å². The van der Waals surface area contributed by atoms with Crippen molar-refractivity contribution in [3.05, 3.63) is 154 Å². The number of amides is 2. The molecule has 1 saturated heterocycles. The van der Waals surface area contributed by atoms with Gasteiger partial charge in [0.05, 0.1) is 17.9 Å². The highest BCUT2D eigenvalue weighted by atomic mass is 16.6. The molecule has 0 saturated carbocycles. The lowest BCUT2D eigenvalue weighted by Gasteiger charge is -2.38. The summed E-state index contributed by atoms with van der Waals surface area (Å²) < 4.78 is 6.33. The van der Waals surface area contributed by atoms with Crippen LogP contribution in [0.5, 0.6) is 0 Å². The summed E-state index contributed by atoms with van der Waals surface area (Å²) in [5, 5.41) is 12.0. The van der Waals surface area contributed by atoms with Crippen molar-refractivity contribution in [3.63, 3.8) is 0 Å². The van der Waals surface area contributed by atoms with Crippen molar-refractivity contribution in [2.24, 2.45) is 11.8 Å². The first-order valence-electron chi connectivity index (χ1n) is 14.2. The fraction of sp³-hybridized carbons (Fsp3) is 0.257. The molecule has 0 N–H and O–H groups in total. The van der Waals surface area contributed by atoms with E-state index < -0.39 is 42.0 Å². The smallest absolute Gasteiger partial charge is 0.418 e. The van der Waals surface area contributed by atoms with Gasteiger partial charge in [-0.15, -0.1) is 0 Å². The number of imide groups is 1. The Morgan fingerprint density at radius 3 is 1.79 bits per heavy atom. The van der Waals surface area contributed by atoms with Crippen LogP contribution in [0.3, 0.4) is 0 Å². The summed E-state index contributed by atoms with van der Waals surface area (Å²) in [7, 11) is 0. The predicted molar refractivity (Wildman–Crippen MR) is 160 cm³/mol. The third-order valence-corrected chi connectivity index (χ3v) is 8.09. The van der Waals surface area contributed by atoms with E-state index in [0.717, 1.165) is 16.7 Å². The summed E-state index contributed by atoms with van der Waals surface area (Å²) in [4.78, 5) is 41.6. The number of hydrogen-bond acceptors (Lipinski definition) is 5. The summed E-state index contributed by atoms with van der Waals surface area (Å²) in [5.41, 5.74) is 1.78. The number of carbonyl (C=O) groups excluding carboxylic acids is 2. The number of rotatable bonds is 10. The zero-order valence-corrected chi connectivity index (χ0v) is 23.7. The van der Waals surface area contributed by atoms with E-state index in [1.165, 1.54) is 4.90 Å². The largest absolute Gasteiger partial charge is 0.430 e. The highest BCUT2D eigenvalue weighted by Gasteiger charge is 2.60. The quantitative estimate of drug-likeness (QED) is 0.156. The van der Waals surface area contributed by atoms with E-state index in [4.69, 9.17) is 4.74 Å². The van der Waals surface area contributed by atoms with Crippen LogP contribution < -0.4 is 0 Å². The Bertz CT molecular complexity index is 1470. The Hall–Kier alpha value is -4.78. The molecule has 1 heterocycles. The van der Waals surface area contributed by atoms with Gasteiger partial charge in [-0.1, -0.05) is 135 Å². The molecule has 1 fully saturated rings. The highest BCUT2D eigenvalue weighted by Crippen LogP contribution is 2.48. The van der Waals surface area contributed by atoms with Gasteiger partial charge in [0.1, 0.15) is 0 Å². The number of carbonyl (C=O) groups is 2. The van der Waals surface area contributed by atoms with Gasteiger partial charge >= 0.3 is 6.09 Å². The van der Waals surface area contributed by atoms with Crippen molar-refractivity contribution in [1.82, 2.24) is 4.90 Å². The molecule has 214 valence electrons. The SMILES string of the molecule is CC(C)[C@@H]1N(C(=O)[C@H](Cc2ccccc2)[C@H](C[N+](=O)[O-])c2ccccc2)C(=O)OC1(c1ccccc1)c1ccccc1. The van der Waals surface area contributed by atoms with E-state index in [1.54, 1.807) is 12.1 Å². The first kappa shape index (κ1) is 28.7. The van der Waals surface area contributed by atoms with Crippen LogP contribution in [-0.4, -0.2) is 34.4 Å². The van der Waals surface area contributed by atoms with E-state index in [-0.39, 0.29) is 17.3 Å². The first-order chi connectivity index (χ1) is 20.3. The molecule has 0 aliphatic carbocycles. The van der Waals surface area contributed by atoms with E-state index >= 15 is 0 Å². The lowest BCUT2D eigenvalue weighted by atomic mass is 9.74. The van der Waals surface area contributed by atoms with Crippen LogP contribution in [0.2, 0.25) is 0 Å². The van der Waals surface area contributed by atoms with Crippen LogP contribution in [0, 0.1) is 22.0 Å². The van der Waals surface area contributed by atoms with Crippen molar-refractivity contribution < 1.29 is 19.2 Å². The van der Waals surface area contributed by atoms with Gasteiger partial charge in [0.2, 0.25) is 12.5 Å². The Morgan fingerprint density at radius 1 is 0.833 bits per heavy atom. The molecule has 0 bridgehead atoms. The Labute approximate surface area is 245 Å². The third kappa shape index (κ3) is 5.55. The molecule has 0 spiro atoms. The van der Waals surface area contributed by atoms with E-state index in [9.17, 15) is 19.7 Å². The summed E-state index contributed by atoms with van der Waals surface area (Å²) in [6.07, 6.45) is -0.525. The van der Waals surface area contributed by atoms with Crippen LogP contribution in [-0.2, 0) is 21.6 Å². The number of nitro groups is 1. The lowest BCUT2D eigenvalue weighted by molar-refractivity contribution is -0.484. The molecular weight excluding hydrogens is 528 g/mol. The minimum Gasteiger partial charge on any atom is -0.430 e. The fourth-order valence-corrected chi connectivity index (χ4v) is 6.31. The molecule has 3 atom stereocenters. The number of ether oxygens (including phenoxy) is 1. The van der Waals surface area contributed by atoms with Gasteiger partial charge in [-0.3, -0.25) is 14.9 Å². The maximum absolute atomic E-state index is 14.8. The molecule has 7 nitrogen and oxygen atoms in total. The molecule has 2 amide bonds. The van der Waals surface area contributed by atoms with E-state index in [0.29, 0.717) is 5.56 Å². The van der Waals surface area contributed by atoms with Gasteiger partial charge < -0.3 is 4.74 Å². The normalized spacial score (nSPS) is 17.5. The zero-order chi connectivity index (χ0) is 29.7. The van der Waals surface area contributed by atoms with Crippen molar-refractivity contribution in [2.45, 2.75) is 37.8 Å². The topological polar surface area (TPSA) is 89.8 Å². The lowest BCUT2D eigenvalue weighted by Crippen LogP contribution is -2.52. The molecule has 0 unspecified atom stereocenters. The molecule has 4 aromatic carbocycles. The highest BCUT2D eigenvalue weighted by molar-refractivity contribution is 5.96. The molecule has 1 aliphatic heterocycles.